The summed E-state index contributed by atoms with van der Waals surface area (Å²) in [7, 11) is 0. The highest BCUT2D eigenvalue weighted by atomic mass is 16.3. The van der Waals surface area contributed by atoms with Gasteiger partial charge in [-0.25, -0.2) is 9.97 Å². The maximum absolute atomic E-state index is 9.40. The van der Waals surface area contributed by atoms with Crippen molar-refractivity contribution in [3.63, 3.8) is 0 Å². The Bertz CT molecular complexity index is 1080. The number of rotatable bonds is 4. The third-order valence-electron chi connectivity index (χ3n) is 4.44. The molecule has 0 aliphatic heterocycles. The number of hydrogen-bond donors (Lipinski definition) is 2. The molecule has 4 heteroatoms. The van der Waals surface area contributed by atoms with Crippen LogP contribution in [0.5, 0.6) is 0 Å². The topological polar surface area (TPSA) is 72.0 Å². The van der Waals surface area contributed by atoms with Gasteiger partial charge in [-0.2, -0.15) is 0 Å². The van der Waals surface area contributed by atoms with E-state index < -0.39 is 0 Å². The Morgan fingerprint density at radius 3 is 2.11 bits per heavy atom. The molecule has 0 amide bonds. The molecule has 27 heavy (non-hydrogen) atoms. The van der Waals surface area contributed by atoms with Gasteiger partial charge in [0.15, 0.2) is 0 Å². The van der Waals surface area contributed by atoms with Crippen molar-refractivity contribution in [2.24, 2.45) is 0 Å². The van der Waals surface area contributed by atoms with Gasteiger partial charge < -0.3 is 10.8 Å². The maximum Gasteiger partial charge on any atom is 0.221 e. The minimum atomic E-state index is -0.0158. The Morgan fingerprint density at radius 2 is 1.33 bits per heavy atom. The molecule has 3 N–H and O–H groups in total. The van der Waals surface area contributed by atoms with Gasteiger partial charge in [-0.15, -0.1) is 0 Å². The van der Waals surface area contributed by atoms with Crippen molar-refractivity contribution in [1.82, 2.24) is 9.97 Å². The lowest BCUT2D eigenvalue weighted by molar-refractivity contribution is 0.282. The number of benzene rings is 3. The van der Waals surface area contributed by atoms with Gasteiger partial charge in [0.25, 0.3) is 0 Å². The van der Waals surface area contributed by atoms with Crippen molar-refractivity contribution in [3.8, 4) is 33.6 Å². The van der Waals surface area contributed by atoms with E-state index in [2.05, 4.69) is 28.2 Å². The van der Waals surface area contributed by atoms with E-state index in [4.69, 9.17) is 5.73 Å². The SMILES string of the molecule is Nc1nc(-c2cccc(CO)c2)cc(-c2ccccc2-c2ccccc2)n1. The Labute approximate surface area is 158 Å². The van der Waals surface area contributed by atoms with Gasteiger partial charge in [0.05, 0.1) is 18.0 Å². The lowest BCUT2D eigenvalue weighted by Crippen LogP contribution is -1.99. The first-order valence-electron chi connectivity index (χ1n) is 8.74. The van der Waals surface area contributed by atoms with Crippen molar-refractivity contribution in [2.75, 3.05) is 5.73 Å². The Morgan fingerprint density at radius 1 is 0.667 bits per heavy atom. The van der Waals surface area contributed by atoms with E-state index in [0.29, 0.717) is 0 Å². The van der Waals surface area contributed by atoms with Crippen LogP contribution >= 0.6 is 0 Å². The lowest BCUT2D eigenvalue weighted by Gasteiger charge is -2.11. The second-order valence-electron chi connectivity index (χ2n) is 6.27. The molecule has 0 radical (unpaired) electrons. The van der Waals surface area contributed by atoms with Gasteiger partial charge in [-0.1, -0.05) is 72.8 Å². The highest BCUT2D eigenvalue weighted by Crippen LogP contribution is 2.33. The molecule has 0 aliphatic rings. The van der Waals surface area contributed by atoms with Crippen LogP contribution in [-0.4, -0.2) is 15.1 Å². The molecule has 0 spiro atoms. The lowest BCUT2D eigenvalue weighted by atomic mass is 9.97. The first kappa shape index (κ1) is 16.9. The van der Waals surface area contributed by atoms with E-state index in [1.807, 2.05) is 66.7 Å². The highest BCUT2D eigenvalue weighted by molar-refractivity contribution is 5.83. The quantitative estimate of drug-likeness (QED) is 0.564. The van der Waals surface area contributed by atoms with Crippen molar-refractivity contribution in [3.05, 3.63) is 90.5 Å². The van der Waals surface area contributed by atoms with Crippen molar-refractivity contribution >= 4 is 5.95 Å². The summed E-state index contributed by atoms with van der Waals surface area (Å²) >= 11 is 0. The van der Waals surface area contributed by atoms with Crippen LogP contribution < -0.4 is 5.73 Å². The summed E-state index contributed by atoms with van der Waals surface area (Å²) in [6.45, 7) is -0.0158. The molecule has 3 aromatic carbocycles. The van der Waals surface area contributed by atoms with E-state index in [0.717, 1.165) is 39.2 Å². The highest BCUT2D eigenvalue weighted by Gasteiger charge is 2.12. The van der Waals surface area contributed by atoms with Crippen molar-refractivity contribution in [2.45, 2.75) is 6.61 Å². The standard InChI is InChI=1S/C23H19N3O/c24-23-25-21(18-10-6-7-16(13-18)15-27)14-22(26-23)20-12-5-4-11-19(20)17-8-2-1-3-9-17/h1-14,27H,15H2,(H2,24,25,26). The fourth-order valence-electron chi connectivity index (χ4n) is 3.16. The zero-order valence-corrected chi connectivity index (χ0v) is 14.7. The molecule has 0 unspecified atom stereocenters. The van der Waals surface area contributed by atoms with E-state index in [1.54, 1.807) is 0 Å². The van der Waals surface area contributed by atoms with Gasteiger partial charge in [0, 0.05) is 11.1 Å². The maximum atomic E-state index is 9.40. The molecule has 0 atom stereocenters. The third kappa shape index (κ3) is 3.57. The minimum absolute atomic E-state index is 0.0158. The number of nitrogen functional groups attached to an aromatic ring is 1. The zero-order valence-electron chi connectivity index (χ0n) is 14.7. The van der Waals surface area contributed by atoms with Gasteiger partial charge in [0.1, 0.15) is 0 Å². The van der Waals surface area contributed by atoms with Crippen LogP contribution in [0.2, 0.25) is 0 Å². The number of aliphatic hydroxyl groups is 1. The molecule has 0 bridgehead atoms. The molecule has 0 aliphatic carbocycles. The van der Waals surface area contributed by atoms with E-state index >= 15 is 0 Å². The van der Waals surface area contributed by atoms with Crippen LogP contribution in [0.3, 0.4) is 0 Å². The fraction of sp³-hybridized carbons (Fsp3) is 0.0435. The van der Waals surface area contributed by atoms with Crippen molar-refractivity contribution < 1.29 is 5.11 Å². The summed E-state index contributed by atoms with van der Waals surface area (Å²) in [6, 6.07) is 27.9. The Balaban J connectivity index is 1.86. The number of nitrogens with two attached hydrogens (primary N) is 1. The second-order valence-corrected chi connectivity index (χ2v) is 6.27. The third-order valence-corrected chi connectivity index (χ3v) is 4.44. The van der Waals surface area contributed by atoms with Crippen molar-refractivity contribution in [1.29, 1.82) is 0 Å². The minimum Gasteiger partial charge on any atom is -0.392 e. The summed E-state index contributed by atoms with van der Waals surface area (Å²) < 4.78 is 0. The average molecular weight is 353 g/mol. The summed E-state index contributed by atoms with van der Waals surface area (Å²) in [5.41, 5.74) is 12.5. The largest absolute Gasteiger partial charge is 0.392 e. The molecule has 4 aromatic rings. The molecule has 0 saturated carbocycles. The predicted molar refractivity (Wildman–Crippen MR) is 109 cm³/mol. The normalized spacial score (nSPS) is 10.7. The van der Waals surface area contributed by atoms with E-state index in [1.165, 1.54) is 0 Å². The molecule has 1 heterocycles. The molecule has 4 nitrogen and oxygen atoms in total. The Hall–Kier alpha value is -3.50. The molecule has 132 valence electrons. The van der Waals surface area contributed by atoms with Gasteiger partial charge in [0.2, 0.25) is 5.95 Å². The molecule has 4 rings (SSSR count). The number of nitrogens with zero attached hydrogens (tertiary/aromatic N) is 2. The summed E-state index contributed by atoms with van der Waals surface area (Å²) in [4.78, 5) is 8.87. The van der Waals surface area contributed by atoms with Gasteiger partial charge in [-0.3, -0.25) is 0 Å². The molecule has 1 aromatic heterocycles. The van der Waals surface area contributed by atoms with E-state index in [-0.39, 0.29) is 12.6 Å². The van der Waals surface area contributed by atoms with Crippen LogP contribution in [0.25, 0.3) is 33.6 Å². The van der Waals surface area contributed by atoms with Crippen LogP contribution in [0.4, 0.5) is 5.95 Å². The van der Waals surface area contributed by atoms with E-state index in [9.17, 15) is 5.11 Å². The van der Waals surface area contributed by atoms with Crippen LogP contribution in [-0.2, 0) is 6.61 Å². The first-order chi connectivity index (χ1) is 13.2. The second kappa shape index (κ2) is 7.40. The Kier molecular flexibility index (Phi) is 4.64. The summed E-state index contributed by atoms with van der Waals surface area (Å²) in [5.74, 6) is 0.222. The summed E-state index contributed by atoms with van der Waals surface area (Å²) in [5, 5.41) is 9.40. The zero-order chi connectivity index (χ0) is 18.6. The van der Waals surface area contributed by atoms with Gasteiger partial charge >= 0.3 is 0 Å². The fourth-order valence-corrected chi connectivity index (χ4v) is 3.16. The molecule has 0 fully saturated rings. The van der Waals surface area contributed by atoms with Crippen LogP contribution in [0.1, 0.15) is 5.56 Å². The smallest absolute Gasteiger partial charge is 0.221 e. The van der Waals surface area contributed by atoms with Gasteiger partial charge in [-0.05, 0) is 28.8 Å². The number of aliphatic hydroxyl groups excluding tert-OH is 1. The van der Waals surface area contributed by atoms with Crippen LogP contribution in [0, 0.1) is 0 Å². The predicted octanol–water partition coefficient (Wildman–Crippen LogP) is 4.55. The number of anilines is 1. The van der Waals surface area contributed by atoms with Crippen LogP contribution in [0.15, 0.2) is 84.9 Å². The first-order valence-corrected chi connectivity index (χ1v) is 8.74. The average Bonchev–Trinajstić information content (AvgIpc) is 2.74. The number of hydrogen-bond acceptors (Lipinski definition) is 4. The molecular formula is C23H19N3O. The molecule has 0 saturated heterocycles. The monoisotopic (exact) mass is 353 g/mol. The molecular weight excluding hydrogens is 334 g/mol. The number of aromatic nitrogens is 2. The summed E-state index contributed by atoms with van der Waals surface area (Å²) in [6.07, 6.45) is 0.